The SMILES string of the molecule is CCNCc1cncc(C2CC3C(CN2)NNC3c2cc3c(-c4cccnc4)ccnc3[nH]2)c1. The summed E-state index contributed by atoms with van der Waals surface area (Å²) < 4.78 is 0. The average Bonchev–Trinajstić information content (AvgIpc) is 3.51. The van der Waals surface area contributed by atoms with E-state index < -0.39 is 0 Å². The van der Waals surface area contributed by atoms with Crippen molar-refractivity contribution in [3.63, 3.8) is 0 Å². The van der Waals surface area contributed by atoms with Gasteiger partial charge in [-0.25, -0.2) is 10.4 Å². The molecule has 4 aromatic rings. The van der Waals surface area contributed by atoms with Gasteiger partial charge in [0.2, 0.25) is 0 Å². The summed E-state index contributed by atoms with van der Waals surface area (Å²) >= 11 is 0. The number of nitrogens with one attached hydrogen (secondary N) is 5. The van der Waals surface area contributed by atoms with Gasteiger partial charge in [0, 0.05) is 78.7 Å². The second-order valence-electron chi connectivity index (χ2n) is 9.23. The first-order chi connectivity index (χ1) is 16.8. The first kappa shape index (κ1) is 21.4. The minimum Gasteiger partial charge on any atom is -0.342 e. The van der Waals surface area contributed by atoms with Gasteiger partial charge in [0.05, 0.1) is 6.04 Å². The molecule has 2 aliphatic rings. The number of hydrogen-bond acceptors (Lipinski definition) is 7. The lowest BCUT2D eigenvalue weighted by Crippen LogP contribution is -2.46. The number of rotatable bonds is 6. The molecule has 0 aromatic carbocycles. The summed E-state index contributed by atoms with van der Waals surface area (Å²) in [5, 5.41) is 8.25. The molecule has 8 heteroatoms. The highest BCUT2D eigenvalue weighted by molar-refractivity contribution is 5.93. The van der Waals surface area contributed by atoms with Gasteiger partial charge >= 0.3 is 0 Å². The molecule has 0 bridgehead atoms. The van der Waals surface area contributed by atoms with E-state index in [0.29, 0.717) is 12.0 Å². The maximum Gasteiger partial charge on any atom is 0.138 e. The summed E-state index contributed by atoms with van der Waals surface area (Å²) in [6, 6.07) is 11.5. The number of H-pyrrole nitrogens is 1. The molecule has 5 N–H and O–H groups in total. The zero-order valence-corrected chi connectivity index (χ0v) is 19.3. The zero-order valence-electron chi connectivity index (χ0n) is 19.3. The highest BCUT2D eigenvalue weighted by Crippen LogP contribution is 2.39. The second-order valence-corrected chi connectivity index (χ2v) is 9.23. The van der Waals surface area contributed by atoms with E-state index in [9.17, 15) is 0 Å². The summed E-state index contributed by atoms with van der Waals surface area (Å²) in [6.45, 7) is 4.84. The molecule has 8 nitrogen and oxygen atoms in total. The summed E-state index contributed by atoms with van der Waals surface area (Å²) in [7, 11) is 0. The van der Waals surface area contributed by atoms with Crippen LogP contribution >= 0.6 is 0 Å². The first-order valence-electron chi connectivity index (χ1n) is 12.1. The maximum atomic E-state index is 4.61. The predicted octanol–water partition coefficient (Wildman–Crippen LogP) is 3.00. The van der Waals surface area contributed by atoms with Gasteiger partial charge in [0.25, 0.3) is 0 Å². The lowest BCUT2D eigenvalue weighted by molar-refractivity contribution is 0.265. The van der Waals surface area contributed by atoms with Crippen molar-refractivity contribution in [3.05, 3.63) is 78.1 Å². The summed E-state index contributed by atoms with van der Waals surface area (Å²) in [5.41, 5.74) is 13.9. The lowest BCUT2D eigenvalue weighted by atomic mass is 9.81. The first-order valence-corrected chi connectivity index (χ1v) is 12.1. The van der Waals surface area contributed by atoms with Gasteiger partial charge in [-0.05, 0) is 53.9 Å². The number of pyridine rings is 3. The molecule has 4 unspecified atom stereocenters. The van der Waals surface area contributed by atoms with E-state index in [1.54, 1.807) is 6.20 Å². The monoisotopic (exact) mass is 454 g/mol. The third-order valence-corrected chi connectivity index (χ3v) is 7.12. The summed E-state index contributed by atoms with van der Waals surface area (Å²) in [6.07, 6.45) is 10.6. The van der Waals surface area contributed by atoms with Crippen molar-refractivity contribution in [1.29, 1.82) is 0 Å². The van der Waals surface area contributed by atoms with Crippen LogP contribution in [0.1, 0.15) is 42.2 Å². The van der Waals surface area contributed by atoms with Crippen LogP contribution in [0.2, 0.25) is 0 Å². The molecule has 0 amide bonds. The molecule has 174 valence electrons. The van der Waals surface area contributed by atoms with E-state index in [1.165, 1.54) is 16.8 Å². The van der Waals surface area contributed by atoms with Gasteiger partial charge in [-0.15, -0.1) is 0 Å². The van der Waals surface area contributed by atoms with Crippen molar-refractivity contribution in [2.24, 2.45) is 5.92 Å². The van der Waals surface area contributed by atoms with Crippen molar-refractivity contribution in [1.82, 2.24) is 41.4 Å². The molecule has 6 rings (SSSR count). The molecular formula is C26H30N8. The normalized spacial score (nSPS) is 24.4. The fourth-order valence-electron chi connectivity index (χ4n) is 5.39. The van der Waals surface area contributed by atoms with Crippen LogP contribution < -0.4 is 21.5 Å². The average molecular weight is 455 g/mol. The Labute approximate surface area is 199 Å². The van der Waals surface area contributed by atoms with Crippen LogP contribution in [-0.2, 0) is 6.54 Å². The van der Waals surface area contributed by atoms with Crippen molar-refractivity contribution < 1.29 is 0 Å². The smallest absolute Gasteiger partial charge is 0.138 e. The van der Waals surface area contributed by atoms with Crippen LogP contribution in [0.25, 0.3) is 22.2 Å². The molecule has 0 spiro atoms. The van der Waals surface area contributed by atoms with Gasteiger partial charge in [0.1, 0.15) is 5.65 Å². The second kappa shape index (κ2) is 9.23. The Bertz CT molecular complexity index is 1270. The molecule has 0 aliphatic carbocycles. The number of hydrazine groups is 1. The maximum absolute atomic E-state index is 4.61. The molecule has 0 radical (unpaired) electrons. The Balaban J connectivity index is 1.27. The quantitative estimate of drug-likeness (QED) is 0.305. The van der Waals surface area contributed by atoms with Crippen LogP contribution in [0.15, 0.2) is 61.3 Å². The van der Waals surface area contributed by atoms with Crippen LogP contribution in [0.4, 0.5) is 0 Å². The van der Waals surface area contributed by atoms with E-state index in [1.807, 2.05) is 30.9 Å². The Morgan fingerprint density at radius 2 is 2.03 bits per heavy atom. The van der Waals surface area contributed by atoms with Crippen molar-refractivity contribution in [3.8, 4) is 11.1 Å². The van der Waals surface area contributed by atoms with Crippen molar-refractivity contribution in [2.75, 3.05) is 13.1 Å². The highest BCUT2D eigenvalue weighted by atomic mass is 15.4. The summed E-state index contributed by atoms with van der Waals surface area (Å²) in [5.74, 6) is 0.443. The minimum absolute atomic E-state index is 0.184. The Morgan fingerprint density at radius 3 is 2.91 bits per heavy atom. The Morgan fingerprint density at radius 1 is 1.06 bits per heavy atom. The van der Waals surface area contributed by atoms with E-state index in [2.05, 4.69) is 72.6 Å². The molecular weight excluding hydrogens is 424 g/mol. The van der Waals surface area contributed by atoms with Crippen LogP contribution in [0.3, 0.4) is 0 Å². The third-order valence-electron chi connectivity index (χ3n) is 7.12. The summed E-state index contributed by atoms with van der Waals surface area (Å²) in [4.78, 5) is 17.0. The molecule has 34 heavy (non-hydrogen) atoms. The van der Waals surface area contributed by atoms with Crippen LogP contribution in [0.5, 0.6) is 0 Å². The highest BCUT2D eigenvalue weighted by Gasteiger charge is 2.42. The number of aromatic nitrogens is 4. The van der Waals surface area contributed by atoms with Gasteiger partial charge in [-0.3, -0.25) is 15.4 Å². The largest absolute Gasteiger partial charge is 0.342 e. The van der Waals surface area contributed by atoms with Crippen molar-refractivity contribution >= 4 is 11.0 Å². The molecule has 2 saturated heterocycles. The van der Waals surface area contributed by atoms with E-state index in [4.69, 9.17) is 0 Å². The number of nitrogens with zero attached hydrogens (tertiary/aromatic N) is 3. The van der Waals surface area contributed by atoms with E-state index in [-0.39, 0.29) is 12.1 Å². The van der Waals surface area contributed by atoms with Gasteiger partial charge in [-0.1, -0.05) is 13.0 Å². The fraction of sp³-hybridized carbons (Fsp3) is 0.346. The van der Waals surface area contributed by atoms with Gasteiger partial charge < -0.3 is 15.6 Å². The molecule has 6 heterocycles. The molecule has 4 atom stereocenters. The third kappa shape index (κ3) is 3.99. The number of hydrogen-bond donors (Lipinski definition) is 5. The van der Waals surface area contributed by atoms with Gasteiger partial charge in [0.15, 0.2) is 0 Å². The molecule has 2 fully saturated rings. The molecule has 0 saturated carbocycles. The van der Waals surface area contributed by atoms with Crippen LogP contribution in [0, 0.1) is 5.92 Å². The van der Waals surface area contributed by atoms with Crippen molar-refractivity contribution in [2.45, 2.75) is 38.0 Å². The number of fused-ring (bicyclic) bond motifs is 2. The number of aromatic amines is 1. The molecule has 2 aliphatic heterocycles. The zero-order chi connectivity index (χ0) is 22.9. The standard InChI is InChI=1S/C26H30N8/c1-2-27-11-16-8-18(14-29-12-16)22-10-21-24(15-31-22)33-34-25(21)23-9-20-19(5-7-30-26(20)32-23)17-4-3-6-28-13-17/h3-9,12-14,21-22,24-25,27,31,33-34H,2,10-11,15H2,1H3,(H,30,32). The topological polar surface area (TPSA) is 103 Å². The number of piperidine rings is 1. The lowest BCUT2D eigenvalue weighted by Gasteiger charge is -2.34. The Kier molecular flexibility index (Phi) is 5.80. The van der Waals surface area contributed by atoms with Crippen LogP contribution in [-0.4, -0.2) is 39.1 Å². The Hall–Kier alpha value is -3.17. The minimum atomic E-state index is 0.184. The predicted molar refractivity (Wildman–Crippen MR) is 133 cm³/mol. The fourth-order valence-corrected chi connectivity index (χ4v) is 5.39. The molecule has 4 aromatic heterocycles. The van der Waals surface area contributed by atoms with E-state index >= 15 is 0 Å². The van der Waals surface area contributed by atoms with E-state index in [0.717, 1.165) is 48.2 Å². The van der Waals surface area contributed by atoms with Gasteiger partial charge in [-0.2, -0.15) is 0 Å².